The standard InChI is InChI=1S/C18H24N2O2/c21-18(20-9-1-2-15-10-19-11-17(15)20)14-5-7-16(8-6-14)22-12-13-3-4-13/h5-8,13,15,17,19H,1-4,9-12H2/t15-,17+/m0/s1. The molecule has 118 valence electrons. The van der Waals surface area contributed by atoms with E-state index in [9.17, 15) is 4.79 Å². The van der Waals surface area contributed by atoms with E-state index >= 15 is 0 Å². The third-order valence-corrected chi connectivity index (χ3v) is 5.22. The van der Waals surface area contributed by atoms with Gasteiger partial charge in [0.2, 0.25) is 0 Å². The number of fused-ring (bicyclic) bond motifs is 1. The van der Waals surface area contributed by atoms with Gasteiger partial charge in [-0.05, 0) is 61.8 Å². The molecule has 4 rings (SSSR count). The highest BCUT2D eigenvalue weighted by Gasteiger charge is 2.37. The number of ether oxygens (including phenoxy) is 1. The first-order chi connectivity index (χ1) is 10.8. The molecular weight excluding hydrogens is 276 g/mol. The minimum Gasteiger partial charge on any atom is -0.493 e. The van der Waals surface area contributed by atoms with E-state index in [-0.39, 0.29) is 5.91 Å². The van der Waals surface area contributed by atoms with Crippen LogP contribution in [0.1, 0.15) is 36.0 Å². The van der Waals surface area contributed by atoms with Gasteiger partial charge in [-0.1, -0.05) is 0 Å². The van der Waals surface area contributed by atoms with E-state index in [4.69, 9.17) is 4.74 Å². The van der Waals surface area contributed by atoms with Crippen molar-refractivity contribution in [2.45, 2.75) is 31.7 Å². The van der Waals surface area contributed by atoms with E-state index in [2.05, 4.69) is 10.2 Å². The van der Waals surface area contributed by atoms with Gasteiger partial charge in [-0.25, -0.2) is 0 Å². The van der Waals surface area contributed by atoms with E-state index in [1.807, 2.05) is 24.3 Å². The second-order valence-corrected chi connectivity index (χ2v) is 6.91. The molecule has 1 amide bonds. The molecule has 0 spiro atoms. The lowest BCUT2D eigenvalue weighted by Gasteiger charge is -2.37. The quantitative estimate of drug-likeness (QED) is 0.927. The number of rotatable bonds is 4. The van der Waals surface area contributed by atoms with E-state index in [1.54, 1.807) is 0 Å². The van der Waals surface area contributed by atoms with Crippen molar-refractivity contribution in [3.8, 4) is 5.75 Å². The second-order valence-electron chi connectivity index (χ2n) is 6.91. The Morgan fingerprint density at radius 3 is 2.77 bits per heavy atom. The van der Waals surface area contributed by atoms with Crippen molar-refractivity contribution in [1.82, 2.24) is 10.2 Å². The Balaban J connectivity index is 1.42. The minimum atomic E-state index is 0.173. The summed E-state index contributed by atoms with van der Waals surface area (Å²) in [6, 6.07) is 8.08. The van der Waals surface area contributed by atoms with Gasteiger partial charge in [-0.15, -0.1) is 0 Å². The van der Waals surface area contributed by atoms with E-state index in [0.717, 1.165) is 49.9 Å². The normalized spacial score (nSPS) is 27.5. The Morgan fingerprint density at radius 1 is 1.18 bits per heavy atom. The van der Waals surface area contributed by atoms with Crippen LogP contribution in [0.25, 0.3) is 0 Å². The number of hydrogen-bond acceptors (Lipinski definition) is 3. The summed E-state index contributed by atoms with van der Waals surface area (Å²) in [7, 11) is 0. The fourth-order valence-electron chi connectivity index (χ4n) is 3.68. The van der Waals surface area contributed by atoms with Crippen molar-refractivity contribution in [1.29, 1.82) is 0 Å². The maximum Gasteiger partial charge on any atom is 0.254 e. The highest BCUT2D eigenvalue weighted by Crippen LogP contribution is 2.30. The Kier molecular flexibility index (Phi) is 3.78. The molecule has 1 aromatic carbocycles. The largest absolute Gasteiger partial charge is 0.493 e. The van der Waals surface area contributed by atoms with Gasteiger partial charge >= 0.3 is 0 Å². The molecule has 0 bridgehead atoms. The molecule has 1 aromatic rings. The maximum absolute atomic E-state index is 12.8. The van der Waals surface area contributed by atoms with Crippen molar-refractivity contribution in [2.75, 3.05) is 26.2 Å². The molecule has 1 saturated carbocycles. The highest BCUT2D eigenvalue weighted by molar-refractivity contribution is 5.94. The summed E-state index contributed by atoms with van der Waals surface area (Å²) < 4.78 is 5.74. The maximum atomic E-state index is 12.8. The van der Waals surface area contributed by atoms with Crippen LogP contribution < -0.4 is 10.1 Å². The summed E-state index contributed by atoms with van der Waals surface area (Å²) in [6.07, 6.45) is 4.96. The number of carbonyl (C=O) groups is 1. The average molecular weight is 300 g/mol. The Bertz CT molecular complexity index is 539. The van der Waals surface area contributed by atoms with Gasteiger partial charge in [-0.3, -0.25) is 4.79 Å². The van der Waals surface area contributed by atoms with Gasteiger partial charge in [0.1, 0.15) is 5.75 Å². The van der Waals surface area contributed by atoms with Crippen LogP contribution in [0.3, 0.4) is 0 Å². The Morgan fingerprint density at radius 2 is 2.00 bits per heavy atom. The van der Waals surface area contributed by atoms with Gasteiger partial charge in [0.25, 0.3) is 5.91 Å². The highest BCUT2D eigenvalue weighted by atomic mass is 16.5. The first-order valence-corrected chi connectivity index (χ1v) is 8.56. The Labute approximate surface area is 131 Å². The molecule has 0 radical (unpaired) electrons. The summed E-state index contributed by atoms with van der Waals surface area (Å²) in [6.45, 7) is 3.71. The zero-order chi connectivity index (χ0) is 14.9. The molecule has 2 atom stereocenters. The third-order valence-electron chi connectivity index (χ3n) is 5.22. The van der Waals surface area contributed by atoms with Crippen molar-refractivity contribution in [2.24, 2.45) is 11.8 Å². The summed E-state index contributed by atoms with van der Waals surface area (Å²) in [5.41, 5.74) is 0.784. The predicted octanol–water partition coefficient (Wildman–Crippen LogP) is 2.30. The topological polar surface area (TPSA) is 41.6 Å². The molecule has 3 aliphatic rings. The van der Waals surface area contributed by atoms with Crippen LogP contribution in [0.5, 0.6) is 5.75 Å². The summed E-state index contributed by atoms with van der Waals surface area (Å²) in [5.74, 6) is 2.44. The van der Waals surface area contributed by atoms with Crippen LogP contribution in [0, 0.1) is 11.8 Å². The molecule has 2 heterocycles. The molecule has 3 fully saturated rings. The van der Waals surface area contributed by atoms with Crippen molar-refractivity contribution in [3.63, 3.8) is 0 Å². The summed E-state index contributed by atoms with van der Waals surface area (Å²) in [5, 5.41) is 3.43. The Hall–Kier alpha value is -1.55. The average Bonchev–Trinajstić information content (AvgIpc) is 3.27. The zero-order valence-corrected chi connectivity index (χ0v) is 13.0. The molecule has 22 heavy (non-hydrogen) atoms. The first kappa shape index (κ1) is 14.1. The van der Waals surface area contributed by atoms with Crippen molar-refractivity contribution in [3.05, 3.63) is 29.8 Å². The third kappa shape index (κ3) is 2.84. The fourth-order valence-corrected chi connectivity index (χ4v) is 3.68. The first-order valence-electron chi connectivity index (χ1n) is 8.56. The number of carbonyl (C=O) groups excluding carboxylic acids is 1. The van der Waals surface area contributed by atoms with Crippen LogP contribution in [0.4, 0.5) is 0 Å². The van der Waals surface area contributed by atoms with Crippen molar-refractivity contribution >= 4 is 5.91 Å². The smallest absolute Gasteiger partial charge is 0.254 e. The molecule has 2 aliphatic heterocycles. The van der Waals surface area contributed by atoms with Crippen LogP contribution in [0.2, 0.25) is 0 Å². The molecule has 4 nitrogen and oxygen atoms in total. The van der Waals surface area contributed by atoms with Crippen LogP contribution in [0.15, 0.2) is 24.3 Å². The van der Waals surface area contributed by atoms with Gasteiger partial charge in [0, 0.05) is 31.2 Å². The van der Waals surface area contributed by atoms with Gasteiger partial charge < -0.3 is 15.0 Å². The molecule has 1 N–H and O–H groups in total. The number of benzene rings is 1. The number of likely N-dealkylation sites (tertiary alicyclic amines) is 1. The molecule has 4 heteroatoms. The zero-order valence-electron chi connectivity index (χ0n) is 13.0. The lowest BCUT2D eigenvalue weighted by molar-refractivity contribution is 0.0575. The molecule has 0 aromatic heterocycles. The lowest BCUT2D eigenvalue weighted by Crippen LogP contribution is -2.48. The summed E-state index contributed by atoms with van der Waals surface area (Å²) in [4.78, 5) is 14.9. The van der Waals surface area contributed by atoms with Crippen LogP contribution in [-0.4, -0.2) is 43.1 Å². The number of nitrogens with zero attached hydrogens (tertiary/aromatic N) is 1. The van der Waals surface area contributed by atoms with E-state index in [0.29, 0.717) is 12.0 Å². The molecule has 2 saturated heterocycles. The van der Waals surface area contributed by atoms with Gasteiger partial charge in [0.15, 0.2) is 0 Å². The summed E-state index contributed by atoms with van der Waals surface area (Å²) >= 11 is 0. The lowest BCUT2D eigenvalue weighted by atomic mass is 9.91. The second kappa shape index (κ2) is 5.92. The molecule has 1 aliphatic carbocycles. The number of nitrogens with one attached hydrogen (secondary N) is 1. The monoisotopic (exact) mass is 300 g/mol. The minimum absolute atomic E-state index is 0.173. The van der Waals surface area contributed by atoms with Gasteiger partial charge in [0.05, 0.1) is 6.61 Å². The SMILES string of the molecule is O=C(c1ccc(OCC2CC2)cc1)N1CCC[C@H]2CNC[C@H]21. The van der Waals surface area contributed by atoms with Crippen LogP contribution >= 0.6 is 0 Å². The van der Waals surface area contributed by atoms with E-state index < -0.39 is 0 Å². The fraction of sp³-hybridized carbons (Fsp3) is 0.611. The predicted molar refractivity (Wildman–Crippen MR) is 85.1 cm³/mol. The van der Waals surface area contributed by atoms with Gasteiger partial charge in [-0.2, -0.15) is 0 Å². The van der Waals surface area contributed by atoms with Crippen LogP contribution in [-0.2, 0) is 0 Å². The number of piperidine rings is 1. The number of hydrogen-bond donors (Lipinski definition) is 1. The van der Waals surface area contributed by atoms with E-state index in [1.165, 1.54) is 19.3 Å². The molecule has 0 unspecified atom stereocenters. The molecular formula is C18H24N2O2. The number of amides is 1. The van der Waals surface area contributed by atoms with Crippen molar-refractivity contribution < 1.29 is 9.53 Å².